The number of fused-ring (bicyclic) bond motifs is 3. The van der Waals surface area contributed by atoms with Crippen LogP contribution in [0.1, 0.15) is 36.3 Å². The molecule has 2 aromatic carbocycles. The molecule has 0 atom stereocenters. The van der Waals surface area contributed by atoms with Crippen molar-refractivity contribution in [3.05, 3.63) is 59.7 Å². The Morgan fingerprint density at radius 2 is 1.66 bits per heavy atom. The van der Waals surface area contributed by atoms with Crippen LogP contribution in [0.4, 0.5) is 4.79 Å². The molecule has 0 bridgehead atoms. The number of benzene rings is 2. The highest BCUT2D eigenvalue weighted by molar-refractivity contribution is 7.99. The van der Waals surface area contributed by atoms with Crippen molar-refractivity contribution in [1.82, 2.24) is 10.6 Å². The highest BCUT2D eigenvalue weighted by atomic mass is 32.2. The molecule has 1 fully saturated rings. The maximum Gasteiger partial charge on any atom is 0.407 e. The molecule has 0 unspecified atom stereocenters. The van der Waals surface area contributed by atoms with E-state index < -0.39 is 17.6 Å². The van der Waals surface area contributed by atoms with Gasteiger partial charge in [0.1, 0.15) is 12.1 Å². The highest BCUT2D eigenvalue weighted by Gasteiger charge is 2.45. The number of rotatable bonds is 9. The topological polar surface area (TPSA) is 105 Å². The van der Waals surface area contributed by atoms with Gasteiger partial charge in [0, 0.05) is 18.2 Å². The van der Waals surface area contributed by atoms with Crippen LogP contribution in [-0.4, -0.2) is 53.3 Å². The summed E-state index contributed by atoms with van der Waals surface area (Å²) < 4.78 is 5.48. The Morgan fingerprint density at radius 1 is 1.03 bits per heavy atom. The second-order valence-electron chi connectivity index (χ2n) is 8.09. The van der Waals surface area contributed by atoms with E-state index in [2.05, 4.69) is 34.9 Å². The van der Waals surface area contributed by atoms with Crippen molar-refractivity contribution in [2.24, 2.45) is 0 Å². The lowest BCUT2D eigenvalue weighted by atomic mass is 9.77. The Balaban J connectivity index is 1.17. The van der Waals surface area contributed by atoms with Gasteiger partial charge in [-0.05, 0) is 41.5 Å². The van der Waals surface area contributed by atoms with Gasteiger partial charge in [-0.15, -0.1) is 0 Å². The van der Waals surface area contributed by atoms with E-state index in [9.17, 15) is 19.5 Å². The summed E-state index contributed by atoms with van der Waals surface area (Å²) in [4.78, 5) is 35.4. The highest BCUT2D eigenvalue weighted by Crippen LogP contribution is 2.44. The minimum atomic E-state index is -1.09. The largest absolute Gasteiger partial charge is 0.480 e. The molecule has 0 spiro atoms. The third kappa shape index (κ3) is 4.60. The van der Waals surface area contributed by atoms with Crippen LogP contribution < -0.4 is 10.6 Å². The molecule has 0 heterocycles. The first-order valence-electron chi connectivity index (χ1n) is 10.7. The average Bonchev–Trinajstić information content (AvgIpc) is 3.08. The Hall–Kier alpha value is -3.00. The number of alkyl carbamates (subject to hydrolysis) is 1. The number of hydrogen-bond donors (Lipinski definition) is 3. The van der Waals surface area contributed by atoms with E-state index >= 15 is 0 Å². The van der Waals surface area contributed by atoms with Crippen molar-refractivity contribution in [1.29, 1.82) is 0 Å². The molecular weight excluding hydrogens is 428 g/mol. The van der Waals surface area contributed by atoms with E-state index in [0.717, 1.165) is 17.5 Å². The van der Waals surface area contributed by atoms with Gasteiger partial charge in [-0.2, -0.15) is 11.8 Å². The van der Waals surface area contributed by atoms with Crippen LogP contribution in [-0.2, 0) is 14.3 Å². The molecular formula is C24H26N2O5S. The van der Waals surface area contributed by atoms with Gasteiger partial charge in [0.05, 0.1) is 5.75 Å². The van der Waals surface area contributed by atoms with Crippen LogP contribution in [0.15, 0.2) is 48.5 Å². The smallest absolute Gasteiger partial charge is 0.407 e. The van der Waals surface area contributed by atoms with Crippen LogP contribution in [0, 0.1) is 0 Å². The fraction of sp³-hybridized carbons (Fsp3) is 0.375. The summed E-state index contributed by atoms with van der Waals surface area (Å²) in [5.74, 6) is -0.574. The lowest BCUT2D eigenvalue weighted by Gasteiger charge is -2.38. The first-order valence-corrected chi connectivity index (χ1v) is 11.9. The van der Waals surface area contributed by atoms with Crippen LogP contribution in [0.5, 0.6) is 0 Å². The second kappa shape index (κ2) is 9.65. The summed E-state index contributed by atoms with van der Waals surface area (Å²) in [6.45, 7) is 0.616. The van der Waals surface area contributed by atoms with E-state index in [1.807, 2.05) is 24.3 Å². The van der Waals surface area contributed by atoms with Crippen LogP contribution in [0.2, 0.25) is 0 Å². The van der Waals surface area contributed by atoms with Crippen LogP contribution >= 0.6 is 11.8 Å². The standard InChI is InChI=1S/C24H26N2O5S/c27-21(26-24(22(28)29)10-5-11-24)15-32-13-12-25-23(30)31-14-20-18-8-3-1-6-16(18)17-7-2-4-9-19(17)20/h1-4,6-9,20H,5,10-15H2,(H,25,30)(H,26,27)(H,28,29). The number of thioether (sulfide) groups is 1. The number of nitrogens with one attached hydrogen (secondary N) is 2. The lowest BCUT2D eigenvalue weighted by molar-refractivity contribution is -0.151. The maximum absolute atomic E-state index is 12.1. The fourth-order valence-electron chi connectivity index (χ4n) is 4.27. The minimum absolute atomic E-state index is 0.0132. The SMILES string of the molecule is O=C(CSCCNC(=O)OCC1c2ccccc2-c2ccccc21)NC1(C(=O)O)CCC1. The number of aliphatic carboxylic acids is 1. The minimum Gasteiger partial charge on any atom is -0.480 e. The maximum atomic E-state index is 12.1. The van der Waals surface area contributed by atoms with Crippen molar-refractivity contribution in [3.8, 4) is 11.1 Å². The molecule has 2 aliphatic carbocycles. The summed E-state index contributed by atoms with van der Waals surface area (Å²) >= 11 is 1.34. The molecule has 0 aromatic heterocycles. The number of carboxylic acid groups (broad SMARTS) is 1. The summed E-state index contributed by atoms with van der Waals surface area (Å²) in [7, 11) is 0. The van der Waals surface area contributed by atoms with Crippen molar-refractivity contribution < 1.29 is 24.2 Å². The molecule has 1 saturated carbocycles. The summed E-state index contributed by atoms with van der Waals surface area (Å²) in [5.41, 5.74) is 3.59. The van der Waals surface area contributed by atoms with Gasteiger partial charge in [0.15, 0.2) is 0 Å². The van der Waals surface area contributed by atoms with Crippen LogP contribution in [0.3, 0.4) is 0 Å². The number of carboxylic acids is 1. The van der Waals surface area contributed by atoms with E-state index in [0.29, 0.717) is 25.1 Å². The molecule has 0 saturated heterocycles. The van der Waals surface area contributed by atoms with Gasteiger partial charge in [0.2, 0.25) is 5.91 Å². The Kier molecular flexibility index (Phi) is 6.69. The van der Waals surface area contributed by atoms with Gasteiger partial charge in [0.25, 0.3) is 0 Å². The van der Waals surface area contributed by atoms with Gasteiger partial charge < -0.3 is 20.5 Å². The Labute approximate surface area is 190 Å². The molecule has 0 aliphatic heterocycles. The van der Waals surface area contributed by atoms with Crippen molar-refractivity contribution in [3.63, 3.8) is 0 Å². The number of hydrogen-bond acceptors (Lipinski definition) is 5. The first-order chi connectivity index (χ1) is 15.5. The monoisotopic (exact) mass is 454 g/mol. The van der Waals surface area contributed by atoms with Gasteiger partial charge in [-0.1, -0.05) is 48.5 Å². The predicted octanol–water partition coefficient (Wildman–Crippen LogP) is 3.38. The van der Waals surface area contributed by atoms with E-state index in [4.69, 9.17) is 4.74 Å². The van der Waals surface area contributed by atoms with Gasteiger partial charge in [-0.3, -0.25) is 4.79 Å². The molecule has 4 rings (SSSR count). The lowest BCUT2D eigenvalue weighted by Crippen LogP contribution is -2.59. The predicted molar refractivity (Wildman–Crippen MR) is 123 cm³/mol. The molecule has 2 aromatic rings. The Morgan fingerprint density at radius 3 is 2.22 bits per heavy atom. The zero-order valence-corrected chi connectivity index (χ0v) is 18.5. The summed E-state index contributed by atoms with van der Waals surface area (Å²) in [6.07, 6.45) is 1.27. The number of carbonyl (C=O) groups excluding carboxylic acids is 2. The van der Waals surface area contributed by atoms with Crippen molar-refractivity contribution in [2.75, 3.05) is 24.7 Å². The zero-order chi connectivity index (χ0) is 22.6. The van der Waals surface area contributed by atoms with Crippen LogP contribution in [0.25, 0.3) is 11.1 Å². The molecule has 7 nitrogen and oxygen atoms in total. The number of ether oxygens (including phenoxy) is 1. The van der Waals surface area contributed by atoms with Gasteiger partial charge >= 0.3 is 12.1 Å². The van der Waals surface area contributed by atoms with E-state index in [1.165, 1.54) is 22.9 Å². The molecule has 32 heavy (non-hydrogen) atoms. The molecule has 3 N–H and O–H groups in total. The Bertz CT molecular complexity index is 975. The number of carbonyl (C=O) groups is 3. The summed E-state index contributed by atoms with van der Waals surface area (Å²) in [6, 6.07) is 16.3. The zero-order valence-electron chi connectivity index (χ0n) is 17.6. The van der Waals surface area contributed by atoms with Crippen molar-refractivity contribution in [2.45, 2.75) is 30.7 Å². The molecule has 8 heteroatoms. The van der Waals surface area contributed by atoms with Gasteiger partial charge in [-0.25, -0.2) is 9.59 Å². The fourth-order valence-corrected chi connectivity index (χ4v) is 4.91. The number of amides is 2. The molecule has 2 aliphatic rings. The average molecular weight is 455 g/mol. The quantitative estimate of drug-likeness (QED) is 0.502. The summed E-state index contributed by atoms with van der Waals surface area (Å²) in [5, 5.41) is 14.6. The third-order valence-corrected chi connectivity index (χ3v) is 7.05. The normalized spacial score (nSPS) is 15.8. The van der Waals surface area contributed by atoms with Crippen molar-refractivity contribution >= 4 is 29.7 Å². The third-order valence-electron chi connectivity index (χ3n) is 6.09. The molecule has 2 amide bonds. The molecule has 168 valence electrons. The molecule has 0 radical (unpaired) electrons. The first kappa shape index (κ1) is 22.2. The van der Waals surface area contributed by atoms with E-state index in [1.54, 1.807) is 0 Å². The van der Waals surface area contributed by atoms with E-state index in [-0.39, 0.29) is 24.2 Å². The second-order valence-corrected chi connectivity index (χ2v) is 9.20.